The van der Waals surface area contributed by atoms with Gasteiger partial charge in [-0.1, -0.05) is 58.4 Å². The van der Waals surface area contributed by atoms with Crippen molar-refractivity contribution in [3.05, 3.63) is 53.6 Å². The van der Waals surface area contributed by atoms with Crippen LogP contribution in [0.5, 0.6) is 0 Å². The molecule has 7 rings (SSSR count). The maximum Gasteiger partial charge on any atom is 0.338 e. The molecule has 0 bridgehead atoms. The maximum absolute atomic E-state index is 13.2. The third-order valence-corrected chi connectivity index (χ3v) is 17.3. The Bertz CT molecular complexity index is 1670. The number of rotatable bonds is 4. The number of hydrogen-bond acceptors (Lipinski definition) is 5. The molecule has 4 saturated carbocycles. The minimum atomic E-state index is -3.01. The first-order valence-corrected chi connectivity index (χ1v) is 21.5. The Morgan fingerprint density at radius 2 is 1.56 bits per heavy atom. The summed E-state index contributed by atoms with van der Waals surface area (Å²) in [6, 6.07) is 8.11. The number of nitrogens with zero attached hydrogens (tertiary/aromatic N) is 1. The summed E-state index contributed by atoms with van der Waals surface area (Å²) < 4.78 is 29.5. The van der Waals surface area contributed by atoms with Crippen LogP contribution in [0.25, 0.3) is 5.57 Å². The van der Waals surface area contributed by atoms with Gasteiger partial charge < -0.3 is 9.64 Å². The highest BCUT2D eigenvalue weighted by atomic mass is 32.2. The summed E-state index contributed by atoms with van der Waals surface area (Å²) in [5.74, 6) is 2.98. The van der Waals surface area contributed by atoms with Crippen LogP contribution in [0, 0.1) is 51.2 Å². The average Bonchev–Trinajstić information content (AvgIpc) is 3.48. The van der Waals surface area contributed by atoms with Crippen LogP contribution >= 0.6 is 0 Å². The van der Waals surface area contributed by atoms with Crippen molar-refractivity contribution in [1.29, 1.82) is 0 Å². The normalized spacial score (nSPS) is 41.0. The first kappa shape index (κ1) is 36.0. The second kappa shape index (κ2) is 12.3. The molecule has 6 nitrogen and oxygen atoms in total. The minimum absolute atomic E-state index is 0.00648. The van der Waals surface area contributed by atoms with Crippen molar-refractivity contribution in [2.75, 3.05) is 24.6 Å². The molecule has 7 heteroatoms. The molecule has 3 unspecified atom stereocenters. The Hall–Kier alpha value is -2.41. The Morgan fingerprint density at radius 1 is 0.860 bits per heavy atom. The number of sulfone groups is 1. The van der Waals surface area contributed by atoms with Crippen molar-refractivity contribution in [1.82, 2.24) is 4.90 Å². The van der Waals surface area contributed by atoms with Crippen molar-refractivity contribution in [3.63, 3.8) is 0 Å². The Labute approximate surface area is 301 Å². The van der Waals surface area contributed by atoms with Gasteiger partial charge in [0, 0.05) is 13.1 Å². The number of amides is 1. The summed E-state index contributed by atoms with van der Waals surface area (Å²) in [7, 11) is -3.01. The van der Waals surface area contributed by atoms with Gasteiger partial charge in [-0.05, 0) is 159 Å². The molecule has 1 heterocycles. The van der Waals surface area contributed by atoms with Crippen molar-refractivity contribution in [2.24, 2.45) is 51.2 Å². The fourth-order valence-electron chi connectivity index (χ4n) is 12.9. The van der Waals surface area contributed by atoms with Gasteiger partial charge in [0.1, 0.15) is 5.60 Å². The number of benzene rings is 1. The van der Waals surface area contributed by atoms with Gasteiger partial charge >= 0.3 is 5.97 Å². The molecule has 0 spiro atoms. The van der Waals surface area contributed by atoms with Gasteiger partial charge in [0.15, 0.2) is 9.84 Å². The van der Waals surface area contributed by atoms with Crippen LogP contribution in [0.15, 0.2) is 42.5 Å². The van der Waals surface area contributed by atoms with E-state index in [2.05, 4.69) is 52.0 Å². The van der Waals surface area contributed by atoms with Crippen molar-refractivity contribution >= 4 is 27.3 Å². The summed E-state index contributed by atoms with van der Waals surface area (Å²) in [6.07, 6.45) is 19.0. The lowest BCUT2D eigenvalue weighted by Crippen LogP contribution is -2.64. The predicted octanol–water partition coefficient (Wildman–Crippen LogP) is 8.91. The van der Waals surface area contributed by atoms with E-state index in [-0.39, 0.29) is 45.0 Å². The fraction of sp³-hybridized carbons (Fsp3) is 0.721. The lowest BCUT2D eigenvalue weighted by atomic mass is 9.33. The lowest BCUT2D eigenvalue weighted by molar-refractivity contribution is -0.213. The average molecular weight is 704 g/mol. The topological polar surface area (TPSA) is 80.8 Å². The third-order valence-electron chi connectivity index (χ3n) is 15.7. The molecule has 274 valence electrons. The molecule has 50 heavy (non-hydrogen) atoms. The summed E-state index contributed by atoms with van der Waals surface area (Å²) in [5.41, 5.74) is 3.70. The van der Waals surface area contributed by atoms with E-state index in [4.69, 9.17) is 4.74 Å². The molecule has 9 atom stereocenters. The number of hydrogen-bond donors (Lipinski definition) is 0. The number of carbonyl (C=O) groups is 2. The number of fused-ring (bicyclic) bond motifs is 7. The van der Waals surface area contributed by atoms with E-state index in [0.29, 0.717) is 48.2 Å². The number of esters is 1. The smallest absolute Gasteiger partial charge is 0.338 e. The molecule has 0 N–H and O–H groups in total. The van der Waals surface area contributed by atoms with Crippen molar-refractivity contribution < 1.29 is 22.7 Å². The van der Waals surface area contributed by atoms with Gasteiger partial charge in [-0.2, -0.15) is 0 Å². The summed E-state index contributed by atoms with van der Waals surface area (Å²) in [5, 5.41) is 0. The van der Waals surface area contributed by atoms with Gasteiger partial charge in [0.05, 0.1) is 17.1 Å². The van der Waals surface area contributed by atoms with Crippen molar-refractivity contribution in [3.8, 4) is 0 Å². The van der Waals surface area contributed by atoms with Crippen LogP contribution in [0.2, 0.25) is 0 Å². The predicted molar refractivity (Wildman–Crippen MR) is 200 cm³/mol. The molecule has 1 aromatic carbocycles. The monoisotopic (exact) mass is 703 g/mol. The number of carbonyl (C=O) groups excluding carboxylic acids is 2. The van der Waals surface area contributed by atoms with Crippen LogP contribution in [-0.4, -0.2) is 55.4 Å². The largest absolute Gasteiger partial charge is 0.456 e. The van der Waals surface area contributed by atoms with Crippen LogP contribution < -0.4 is 0 Å². The van der Waals surface area contributed by atoms with Gasteiger partial charge in [-0.15, -0.1) is 0 Å². The minimum Gasteiger partial charge on any atom is -0.456 e. The highest BCUT2D eigenvalue weighted by Gasteiger charge is 2.68. The SMILES string of the molecule is CC1C(c2ccc(C(=O)OC(C)(C)C)cc2)=CC[C@@]2(C)C1CC[C@]1(C)C2CC[C@@H]2[C@H]3CCC[C@]3(/C=C/C(=O)N3CCS(=O)(=O)CC3)CC[C@]21C. The molecule has 1 aliphatic heterocycles. The lowest BCUT2D eigenvalue weighted by Gasteiger charge is -2.71. The fourth-order valence-corrected chi connectivity index (χ4v) is 14.1. The van der Waals surface area contributed by atoms with E-state index in [1.54, 1.807) is 4.90 Å². The van der Waals surface area contributed by atoms with Gasteiger partial charge in [0.25, 0.3) is 0 Å². The maximum atomic E-state index is 13.2. The Morgan fingerprint density at radius 3 is 2.24 bits per heavy atom. The molecular formula is C43H61NO5S. The van der Waals surface area contributed by atoms with Crippen LogP contribution in [-0.2, 0) is 19.4 Å². The van der Waals surface area contributed by atoms with Gasteiger partial charge in [-0.3, -0.25) is 4.79 Å². The number of allylic oxidation sites excluding steroid dienone is 3. The van der Waals surface area contributed by atoms with Crippen molar-refractivity contribution in [2.45, 2.75) is 118 Å². The van der Waals surface area contributed by atoms with E-state index in [0.717, 1.165) is 12.8 Å². The summed E-state index contributed by atoms with van der Waals surface area (Å²) >= 11 is 0. The molecular weight excluding hydrogens is 643 g/mol. The molecule has 1 saturated heterocycles. The zero-order chi connectivity index (χ0) is 35.9. The molecule has 0 aromatic heterocycles. The van der Waals surface area contributed by atoms with Crippen LogP contribution in [0.3, 0.4) is 0 Å². The summed E-state index contributed by atoms with van der Waals surface area (Å²) in [4.78, 5) is 27.7. The van der Waals surface area contributed by atoms with Gasteiger partial charge in [-0.25, -0.2) is 13.2 Å². The molecule has 5 aliphatic carbocycles. The Balaban J connectivity index is 1.09. The second-order valence-electron chi connectivity index (χ2n) is 19.0. The molecule has 6 aliphatic rings. The highest BCUT2D eigenvalue weighted by molar-refractivity contribution is 7.91. The van der Waals surface area contributed by atoms with Crippen LogP contribution in [0.1, 0.15) is 129 Å². The van der Waals surface area contributed by atoms with Gasteiger partial charge in [0.2, 0.25) is 5.91 Å². The van der Waals surface area contributed by atoms with E-state index in [1.165, 1.54) is 62.5 Å². The van der Waals surface area contributed by atoms with E-state index >= 15 is 0 Å². The Kier molecular flexibility index (Phi) is 8.88. The zero-order valence-corrected chi connectivity index (χ0v) is 32.5. The molecule has 0 radical (unpaired) electrons. The zero-order valence-electron chi connectivity index (χ0n) is 31.7. The standard InChI is InChI=1S/C43H61NO5S/c1-29-32(30-10-12-31(13-11-30)38(46)49-39(2,3)4)16-20-40(5)33(29)17-21-42(7)36(40)15-14-34-35-9-8-19-43(35,24-23-41(34,42)6)22-18-37(45)44-25-27-50(47,48)28-26-44/h10-13,16,18,22,29,33-36H,8-9,14-15,17,19-21,23-28H2,1-7H3/b22-18+/t29?,33?,34-,35-,36?,40+,41-,42-,43+/m1/s1. The first-order valence-electron chi connectivity index (χ1n) is 19.6. The second-order valence-corrected chi connectivity index (χ2v) is 21.3. The van der Waals surface area contributed by atoms with Crippen LogP contribution in [0.4, 0.5) is 0 Å². The third kappa shape index (κ3) is 5.84. The molecule has 1 aromatic rings. The first-order chi connectivity index (χ1) is 23.4. The van der Waals surface area contributed by atoms with E-state index < -0.39 is 15.4 Å². The number of ether oxygens (including phenoxy) is 1. The molecule has 1 amide bonds. The molecule has 5 fully saturated rings. The quantitative estimate of drug-likeness (QED) is 0.231. The van der Waals surface area contributed by atoms with E-state index in [1.807, 2.05) is 39.0 Å². The van der Waals surface area contributed by atoms with E-state index in [9.17, 15) is 18.0 Å². The summed E-state index contributed by atoms with van der Waals surface area (Å²) in [6.45, 7) is 16.8. The highest BCUT2D eigenvalue weighted by Crippen LogP contribution is 2.76.